The van der Waals surface area contributed by atoms with Crippen LogP contribution in [-0.4, -0.2) is 70.7 Å². The number of rotatable bonds is 11. The standard InChI is InChI=1S/C30H32N6O3S2/c1-38-24-15-20(18-32-19-24)27-25(17-31)29(40-2)41-28(27)26-7-10-33-30(35-26)34-21-5-3-6-23(16-21)39-14-4-11-36-12-8-22(37)9-13-36/h3,5-7,10,15-16,18-19,22,37H,4,8-9,11-14H2,1-2H3,(H,33,34,35). The Morgan fingerprint density at radius 3 is 2.83 bits per heavy atom. The van der Waals surface area contributed by atoms with Crippen molar-refractivity contribution in [3.05, 3.63) is 60.6 Å². The highest BCUT2D eigenvalue weighted by Crippen LogP contribution is 2.46. The summed E-state index contributed by atoms with van der Waals surface area (Å²) in [5.74, 6) is 1.83. The van der Waals surface area contributed by atoms with Gasteiger partial charge in [-0.25, -0.2) is 9.97 Å². The van der Waals surface area contributed by atoms with Gasteiger partial charge >= 0.3 is 0 Å². The van der Waals surface area contributed by atoms with Gasteiger partial charge in [0.05, 0.1) is 46.4 Å². The maximum atomic E-state index is 10.0. The highest BCUT2D eigenvalue weighted by molar-refractivity contribution is 8.00. The van der Waals surface area contributed by atoms with Crippen LogP contribution in [0.25, 0.3) is 21.7 Å². The Kier molecular flexibility index (Phi) is 9.69. The summed E-state index contributed by atoms with van der Waals surface area (Å²) >= 11 is 3.07. The summed E-state index contributed by atoms with van der Waals surface area (Å²) in [4.78, 5) is 16.8. The summed E-state index contributed by atoms with van der Waals surface area (Å²) < 4.78 is 12.3. The molecular formula is C30H32N6O3S2. The molecule has 1 aliphatic rings. The van der Waals surface area contributed by atoms with Crippen LogP contribution in [0, 0.1) is 11.3 Å². The number of methoxy groups -OCH3 is 1. The van der Waals surface area contributed by atoms with Gasteiger partial charge in [-0.15, -0.1) is 23.1 Å². The van der Waals surface area contributed by atoms with E-state index in [2.05, 4.69) is 26.3 Å². The fourth-order valence-corrected chi connectivity index (χ4v) is 6.65. The van der Waals surface area contributed by atoms with Crippen molar-refractivity contribution in [2.24, 2.45) is 0 Å². The Balaban J connectivity index is 1.31. The van der Waals surface area contributed by atoms with Crippen molar-refractivity contribution in [1.82, 2.24) is 19.9 Å². The Morgan fingerprint density at radius 1 is 1.20 bits per heavy atom. The molecule has 1 fully saturated rings. The molecule has 41 heavy (non-hydrogen) atoms. The average molecular weight is 589 g/mol. The van der Waals surface area contributed by atoms with Gasteiger partial charge in [-0.2, -0.15) is 5.26 Å². The average Bonchev–Trinajstić information content (AvgIpc) is 3.39. The number of hydrogen-bond donors (Lipinski definition) is 2. The highest BCUT2D eigenvalue weighted by atomic mass is 32.2. The number of nitrogens with one attached hydrogen (secondary N) is 1. The van der Waals surface area contributed by atoms with E-state index in [1.54, 1.807) is 25.7 Å². The van der Waals surface area contributed by atoms with Crippen LogP contribution in [0.1, 0.15) is 24.8 Å². The fraction of sp³-hybridized carbons (Fsp3) is 0.333. The van der Waals surface area contributed by atoms with Crippen molar-refractivity contribution >= 4 is 34.7 Å². The normalized spacial score (nSPS) is 14.0. The largest absolute Gasteiger partial charge is 0.495 e. The van der Waals surface area contributed by atoms with E-state index in [4.69, 9.17) is 14.5 Å². The van der Waals surface area contributed by atoms with E-state index < -0.39 is 0 Å². The molecule has 0 atom stereocenters. The predicted molar refractivity (Wildman–Crippen MR) is 163 cm³/mol. The first-order valence-corrected chi connectivity index (χ1v) is 15.5. The molecule has 1 saturated heterocycles. The zero-order valence-corrected chi connectivity index (χ0v) is 24.7. The van der Waals surface area contributed by atoms with E-state index in [0.717, 1.165) is 70.5 Å². The number of thioether (sulfide) groups is 1. The van der Waals surface area contributed by atoms with Crippen LogP contribution < -0.4 is 14.8 Å². The summed E-state index contributed by atoms with van der Waals surface area (Å²) in [6.45, 7) is 3.47. The molecule has 0 amide bonds. The molecule has 4 aromatic rings. The molecule has 4 heterocycles. The van der Waals surface area contributed by atoms with Gasteiger partial charge in [0.15, 0.2) is 0 Å². The van der Waals surface area contributed by atoms with E-state index in [-0.39, 0.29) is 6.10 Å². The monoisotopic (exact) mass is 588 g/mol. The molecule has 1 aromatic carbocycles. The van der Waals surface area contributed by atoms with Crippen molar-refractivity contribution < 1.29 is 14.6 Å². The minimum absolute atomic E-state index is 0.150. The third-order valence-electron chi connectivity index (χ3n) is 6.83. The first-order valence-electron chi connectivity index (χ1n) is 13.4. The number of benzene rings is 1. The van der Waals surface area contributed by atoms with E-state index in [9.17, 15) is 10.4 Å². The number of aromatic nitrogens is 3. The van der Waals surface area contributed by atoms with Crippen molar-refractivity contribution in [2.75, 3.05) is 44.9 Å². The van der Waals surface area contributed by atoms with E-state index in [1.807, 2.05) is 42.7 Å². The molecule has 0 radical (unpaired) electrons. The molecule has 1 aliphatic heterocycles. The molecule has 3 aromatic heterocycles. The molecule has 2 N–H and O–H groups in total. The lowest BCUT2D eigenvalue weighted by atomic mass is 10.0. The van der Waals surface area contributed by atoms with E-state index in [1.165, 1.54) is 23.1 Å². The molecule has 212 valence electrons. The lowest BCUT2D eigenvalue weighted by Gasteiger charge is -2.29. The first kappa shape index (κ1) is 28.8. The maximum absolute atomic E-state index is 10.0. The van der Waals surface area contributed by atoms with Crippen LogP contribution in [0.4, 0.5) is 11.6 Å². The number of piperidine rings is 1. The SMILES string of the molecule is COc1cncc(-c2c(-c3ccnc(Nc4cccc(OCCCN5CCC(O)CC5)c4)n3)sc(SC)c2C#N)c1. The van der Waals surface area contributed by atoms with Crippen LogP contribution in [0.15, 0.2) is 59.2 Å². The van der Waals surface area contributed by atoms with Crippen molar-refractivity contribution in [2.45, 2.75) is 29.6 Å². The molecule has 9 nitrogen and oxygen atoms in total. The van der Waals surface area contributed by atoms with Crippen molar-refractivity contribution in [3.63, 3.8) is 0 Å². The van der Waals surface area contributed by atoms with Crippen LogP contribution in [0.3, 0.4) is 0 Å². The Morgan fingerprint density at radius 2 is 2.05 bits per heavy atom. The lowest BCUT2D eigenvalue weighted by molar-refractivity contribution is 0.0800. The first-order chi connectivity index (χ1) is 20.1. The number of pyridine rings is 1. The Labute approximate surface area is 248 Å². The second-order valence-electron chi connectivity index (χ2n) is 9.59. The number of likely N-dealkylation sites (tertiary alicyclic amines) is 1. The zero-order chi connectivity index (χ0) is 28.6. The molecule has 0 bridgehead atoms. The number of thiophene rings is 1. The summed E-state index contributed by atoms with van der Waals surface area (Å²) in [5.41, 5.74) is 3.70. The summed E-state index contributed by atoms with van der Waals surface area (Å²) in [6, 6.07) is 13.9. The number of hydrogen-bond acceptors (Lipinski definition) is 11. The molecule has 0 aliphatic carbocycles. The van der Waals surface area contributed by atoms with Gasteiger partial charge < -0.3 is 24.8 Å². The molecule has 0 saturated carbocycles. The molecule has 11 heteroatoms. The van der Waals surface area contributed by atoms with Gasteiger partial charge in [0, 0.05) is 54.9 Å². The van der Waals surface area contributed by atoms with Crippen molar-refractivity contribution in [3.8, 4) is 39.3 Å². The lowest BCUT2D eigenvalue weighted by Crippen LogP contribution is -2.36. The molecule has 5 rings (SSSR count). The zero-order valence-electron chi connectivity index (χ0n) is 23.0. The predicted octanol–water partition coefficient (Wildman–Crippen LogP) is 5.84. The smallest absolute Gasteiger partial charge is 0.227 e. The third-order valence-corrected chi connectivity index (χ3v) is 9.17. The number of nitrogens with zero attached hydrogens (tertiary/aromatic N) is 5. The highest BCUT2D eigenvalue weighted by Gasteiger charge is 2.22. The Bertz CT molecular complexity index is 1510. The molecular weight excluding hydrogens is 557 g/mol. The van der Waals surface area contributed by atoms with Gasteiger partial charge in [-0.3, -0.25) is 4.98 Å². The number of aliphatic hydroxyl groups excluding tert-OH is 1. The summed E-state index contributed by atoms with van der Waals surface area (Å²) in [7, 11) is 1.60. The van der Waals surface area contributed by atoms with E-state index >= 15 is 0 Å². The quantitative estimate of drug-likeness (QED) is 0.164. The van der Waals surface area contributed by atoms with Crippen molar-refractivity contribution in [1.29, 1.82) is 5.26 Å². The van der Waals surface area contributed by atoms with Gasteiger partial charge in [0.25, 0.3) is 0 Å². The number of nitriles is 1. The van der Waals surface area contributed by atoms with Crippen LogP contribution >= 0.6 is 23.1 Å². The fourth-order valence-electron chi connectivity index (χ4n) is 4.74. The Hall–Kier alpha value is -3.69. The van der Waals surface area contributed by atoms with Crippen LogP contribution in [-0.2, 0) is 0 Å². The summed E-state index contributed by atoms with van der Waals surface area (Å²) in [6.07, 6.45) is 9.53. The molecule has 0 spiro atoms. The number of ether oxygens (including phenoxy) is 2. The maximum Gasteiger partial charge on any atom is 0.227 e. The number of aliphatic hydroxyl groups is 1. The molecule has 0 unspecified atom stereocenters. The second kappa shape index (κ2) is 13.8. The van der Waals surface area contributed by atoms with Crippen LogP contribution in [0.2, 0.25) is 0 Å². The van der Waals surface area contributed by atoms with Gasteiger partial charge in [-0.1, -0.05) is 6.07 Å². The summed E-state index contributed by atoms with van der Waals surface area (Å²) in [5, 5.41) is 23.0. The number of anilines is 2. The topological polar surface area (TPSA) is 116 Å². The minimum Gasteiger partial charge on any atom is -0.495 e. The van der Waals surface area contributed by atoms with Gasteiger partial charge in [-0.05, 0) is 49.8 Å². The van der Waals surface area contributed by atoms with E-state index in [0.29, 0.717) is 29.6 Å². The van der Waals surface area contributed by atoms with Gasteiger partial charge in [0.1, 0.15) is 17.6 Å². The third kappa shape index (κ3) is 7.15. The minimum atomic E-state index is -0.150. The van der Waals surface area contributed by atoms with Crippen LogP contribution in [0.5, 0.6) is 11.5 Å². The van der Waals surface area contributed by atoms with Gasteiger partial charge in [0.2, 0.25) is 5.95 Å². The second-order valence-corrected chi connectivity index (χ2v) is 11.7.